The number of amides is 1. The quantitative estimate of drug-likeness (QED) is 0.712. The number of anilines is 1. The summed E-state index contributed by atoms with van der Waals surface area (Å²) in [6.07, 6.45) is 0. The third-order valence-electron chi connectivity index (χ3n) is 4.18. The molecule has 26 heavy (non-hydrogen) atoms. The van der Waals surface area contributed by atoms with Gasteiger partial charge in [0.05, 0.1) is 5.69 Å². The molecule has 0 fully saturated rings. The van der Waals surface area contributed by atoms with Crippen molar-refractivity contribution in [2.24, 2.45) is 0 Å². The maximum atomic E-state index is 12.7. The summed E-state index contributed by atoms with van der Waals surface area (Å²) in [5, 5.41) is 4.38. The monoisotopic (exact) mass is 347 g/mol. The molecule has 0 spiro atoms. The lowest BCUT2D eigenvalue weighted by molar-refractivity contribution is -0.119. The molecule has 5 heteroatoms. The van der Waals surface area contributed by atoms with Gasteiger partial charge in [-0.3, -0.25) is 9.59 Å². The van der Waals surface area contributed by atoms with Crippen LogP contribution in [0, 0.1) is 6.92 Å². The average molecular weight is 347 g/mol. The Balaban J connectivity index is 1.87. The minimum absolute atomic E-state index is 0.0960. The summed E-state index contributed by atoms with van der Waals surface area (Å²) < 4.78 is 1.23. The van der Waals surface area contributed by atoms with Gasteiger partial charge in [0, 0.05) is 23.9 Å². The number of hydrogen-bond acceptors (Lipinski definition) is 3. The van der Waals surface area contributed by atoms with Crippen molar-refractivity contribution in [1.82, 2.24) is 9.78 Å². The number of likely N-dealkylation sites (N-methyl/N-ethyl adjacent to an activating group) is 1. The molecule has 3 aromatic rings. The van der Waals surface area contributed by atoms with E-state index in [1.807, 2.05) is 68.4 Å². The Kier molecular flexibility index (Phi) is 5.27. The number of carbonyl (C=O) groups is 1. The zero-order valence-corrected chi connectivity index (χ0v) is 14.9. The number of nitrogens with zero attached hydrogens (tertiary/aromatic N) is 3. The van der Waals surface area contributed by atoms with Crippen LogP contribution in [0.3, 0.4) is 0 Å². The van der Waals surface area contributed by atoms with Crippen LogP contribution in [0.1, 0.15) is 12.5 Å². The highest BCUT2D eigenvalue weighted by atomic mass is 16.2. The molecule has 1 aromatic heterocycles. The lowest BCUT2D eigenvalue weighted by Gasteiger charge is -2.21. The number of aryl methyl sites for hydroxylation is 1. The standard InChI is InChI=1S/C21H21N3O2/c1-3-23(18-7-5-4-6-8-18)21(26)15-24-20(25)14-13-19(22-24)17-11-9-16(2)10-12-17/h4-14H,3,15H2,1-2H3. The second kappa shape index (κ2) is 7.78. The third kappa shape index (κ3) is 3.88. The topological polar surface area (TPSA) is 55.2 Å². The van der Waals surface area contributed by atoms with Crippen LogP contribution in [-0.4, -0.2) is 22.2 Å². The Labute approximate surface area is 152 Å². The first-order valence-corrected chi connectivity index (χ1v) is 8.59. The van der Waals surface area contributed by atoms with E-state index in [1.54, 1.807) is 11.0 Å². The lowest BCUT2D eigenvalue weighted by atomic mass is 10.1. The predicted octanol–water partition coefficient (Wildman–Crippen LogP) is 3.27. The molecule has 0 atom stereocenters. The minimum atomic E-state index is -0.293. The normalized spacial score (nSPS) is 10.5. The van der Waals surface area contributed by atoms with E-state index in [0.29, 0.717) is 12.2 Å². The minimum Gasteiger partial charge on any atom is -0.311 e. The van der Waals surface area contributed by atoms with Gasteiger partial charge in [-0.1, -0.05) is 48.0 Å². The molecule has 0 radical (unpaired) electrons. The van der Waals surface area contributed by atoms with Crippen LogP contribution < -0.4 is 10.5 Å². The van der Waals surface area contributed by atoms with Gasteiger partial charge in [-0.2, -0.15) is 5.10 Å². The summed E-state index contributed by atoms with van der Waals surface area (Å²) in [7, 11) is 0. The van der Waals surface area contributed by atoms with Crippen molar-refractivity contribution >= 4 is 11.6 Å². The van der Waals surface area contributed by atoms with Crippen LogP contribution in [0.15, 0.2) is 71.5 Å². The second-order valence-corrected chi connectivity index (χ2v) is 6.05. The Bertz CT molecular complexity index is 947. The molecule has 1 amide bonds. The summed E-state index contributed by atoms with van der Waals surface area (Å²) in [5.74, 6) is -0.172. The number of benzene rings is 2. The molecule has 0 saturated carbocycles. The van der Waals surface area contributed by atoms with Crippen LogP contribution >= 0.6 is 0 Å². The first-order valence-electron chi connectivity index (χ1n) is 8.59. The van der Waals surface area contributed by atoms with Gasteiger partial charge in [0.2, 0.25) is 5.91 Å². The van der Waals surface area contributed by atoms with Crippen LogP contribution in [0.4, 0.5) is 5.69 Å². The largest absolute Gasteiger partial charge is 0.311 e. The third-order valence-corrected chi connectivity index (χ3v) is 4.18. The van der Waals surface area contributed by atoms with Crippen molar-refractivity contribution < 1.29 is 4.79 Å². The van der Waals surface area contributed by atoms with Gasteiger partial charge in [-0.15, -0.1) is 0 Å². The molecular weight excluding hydrogens is 326 g/mol. The molecule has 0 aliphatic carbocycles. The van der Waals surface area contributed by atoms with E-state index in [1.165, 1.54) is 10.7 Å². The highest BCUT2D eigenvalue weighted by Gasteiger charge is 2.15. The van der Waals surface area contributed by atoms with Gasteiger partial charge in [0.1, 0.15) is 6.54 Å². The van der Waals surface area contributed by atoms with Gasteiger partial charge in [0.25, 0.3) is 5.56 Å². The highest BCUT2D eigenvalue weighted by Crippen LogP contribution is 2.16. The summed E-state index contributed by atoms with van der Waals surface area (Å²) in [6.45, 7) is 4.35. The number of hydrogen-bond donors (Lipinski definition) is 0. The van der Waals surface area contributed by atoms with Crippen molar-refractivity contribution in [3.8, 4) is 11.3 Å². The maximum Gasteiger partial charge on any atom is 0.267 e. The first-order chi connectivity index (χ1) is 12.6. The zero-order chi connectivity index (χ0) is 18.5. The van der Waals surface area contributed by atoms with Gasteiger partial charge >= 0.3 is 0 Å². The van der Waals surface area contributed by atoms with Gasteiger partial charge in [-0.25, -0.2) is 4.68 Å². The molecule has 1 heterocycles. The van der Waals surface area contributed by atoms with Gasteiger partial charge < -0.3 is 4.90 Å². The van der Waals surface area contributed by atoms with Crippen LogP contribution in [0.25, 0.3) is 11.3 Å². The van der Waals surface area contributed by atoms with E-state index in [2.05, 4.69) is 5.10 Å². The van der Waals surface area contributed by atoms with Crippen molar-refractivity contribution in [3.05, 3.63) is 82.6 Å². The Morgan fingerprint density at radius 1 is 1.00 bits per heavy atom. The smallest absolute Gasteiger partial charge is 0.267 e. The van der Waals surface area contributed by atoms with E-state index in [0.717, 1.165) is 16.8 Å². The molecule has 0 unspecified atom stereocenters. The second-order valence-electron chi connectivity index (χ2n) is 6.05. The van der Waals surface area contributed by atoms with Crippen LogP contribution in [0.2, 0.25) is 0 Å². The fraction of sp³-hybridized carbons (Fsp3) is 0.190. The number of carbonyl (C=O) groups excluding carboxylic acids is 1. The molecule has 3 rings (SSSR count). The number of aromatic nitrogens is 2. The molecule has 0 bridgehead atoms. The summed E-state index contributed by atoms with van der Waals surface area (Å²) in [6, 6.07) is 20.4. The highest BCUT2D eigenvalue weighted by molar-refractivity contribution is 5.93. The Morgan fingerprint density at radius 2 is 1.69 bits per heavy atom. The fourth-order valence-electron chi connectivity index (χ4n) is 2.76. The van der Waals surface area contributed by atoms with Crippen molar-refractivity contribution in [1.29, 1.82) is 0 Å². The molecule has 0 aliphatic heterocycles. The van der Waals surface area contributed by atoms with E-state index in [9.17, 15) is 9.59 Å². The average Bonchev–Trinajstić information content (AvgIpc) is 2.66. The maximum absolute atomic E-state index is 12.7. The molecule has 0 aliphatic rings. The van der Waals surface area contributed by atoms with Crippen molar-refractivity contribution in [3.63, 3.8) is 0 Å². The fourth-order valence-corrected chi connectivity index (χ4v) is 2.76. The first kappa shape index (κ1) is 17.6. The molecule has 2 aromatic carbocycles. The van der Waals surface area contributed by atoms with Crippen molar-refractivity contribution in [2.45, 2.75) is 20.4 Å². The molecule has 5 nitrogen and oxygen atoms in total. The Morgan fingerprint density at radius 3 is 2.35 bits per heavy atom. The predicted molar refractivity (Wildman–Crippen MR) is 103 cm³/mol. The lowest BCUT2D eigenvalue weighted by Crippen LogP contribution is -2.37. The van der Waals surface area contributed by atoms with Crippen LogP contribution in [0.5, 0.6) is 0 Å². The van der Waals surface area contributed by atoms with Gasteiger partial charge in [-0.05, 0) is 32.0 Å². The molecule has 0 N–H and O–H groups in total. The molecule has 0 saturated heterocycles. The number of rotatable bonds is 5. The number of para-hydroxylation sites is 1. The van der Waals surface area contributed by atoms with Crippen molar-refractivity contribution in [2.75, 3.05) is 11.4 Å². The van der Waals surface area contributed by atoms with E-state index < -0.39 is 0 Å². The summed E-state index contributed by atoms with van der Waals surface area (Å²) in [4.78, 5) is 26.5. The van der Waals surface area contributed by atoms with E-state index >= 15 is 0 Å². The van der Waals surface area contributed by atoms with E-state index in [4.69, 9.17) is 0 Å². The molecule has 132 valence electrons. The summed E-state index contributed by atoms with van der Waals surface area (Å²) >= 11 is 0. The van der Waals surface area contributed by atoms with E-state index in [-0.39, 0.29) is 18.0 Å². The van der Waals surface area contributed by atoms with Gasteiger partial charge in [0.15, 0.2) is 0 Å². The SMILES string of the molecule is CCN(C(=O)Cn1nc(-c2ccc(C)cc2)ccc1=O)c1ccccc1. The molecular formula is C21H21N3O2. The van der Waals surface area contributed by atoms with Crippen LogP contribution in [-0.2, 0) is 11.3 Å². The zero-order valence-electron chi connectivity index (χ0n) is 14.9. The summed E-state index contributed by atoms with van der Waals surface area (Å²) in [5.41, 5.74) is 3.24. The Hall–Kier alpha value is -3.21.